The lowest BCUT2D eigenvalue weighted by molar-refractivity contribution is 0.101. The van der Waals surface area contributed by atoms with Gasteiger partial charge in [0.15, 0.2) is 5.78 Å². The van der Waals surface area contributed by atoms with Crippen LogP contribution in [0, 0.1) is 0 Å². The number of hydrogen-bond acceptors (Lipinski definition) is 4. The van der Waals surface area contributed by atoms with Crippen LogP contribution in [0.5, 0.6) is 0 Å². The van der Waals surface area contributed by atoms with Crippen LogP contribution in [-0.4, -0.2) is 26.7 Å². The molecule has 0 fully saturated rings. The van der Waals surface area contributed by atoms with Gasteiger partial charge in [-0.15, -0.1) is 0 Å². The van der Waals surface area contributed by atoms with Gasteiger partial charge in [0.2, 0.25) is 10.0 Å². The van der Waals surface area contributed by atoms with Crippen LogP contribution in [0.1, 0.15) is 47.4 Å². The summed E-state index contributed by atoms with van der Waals surface area (Å²) in [5.74, 6) is -0.484. The van der Waals surface area contributed by atoms with Crippen molar-refractivity contribution < 1.29 is 18.0 Å². The Morgan fingerprint density at radius 3 is 2.31 bits per heavy atom. The number of anilines is 1. The molecule has 0 atom stereocenters. The number of sulfonamides is 1. The van der Waals surface area contributed by atoms with E-state index >= 15 is 0 Å². The molecule has 0 saturated heterocycles. The molecule has 0 bridgehead atoms. The van der Waals surface area contributed by atoms with E-state index in [2.05, 4.69) is 10.0 Å². The molecule has 0 spiro atoms. The number of amides is 1. The number of unbranched alkanes of at least 4 members (excludes halogenated alkanes) is 1. The molecule has 0 aliphatic rings. The lowest BCUT2D eigenvalue weighted by Gasteiger charge is -2.09. The van der Waals surface area contributed by atoms with Gasteiger partial charge >= 0.3 is 0 Å². The topological polar surface area (TPSA) is 92.3 Å². The molecule has 1 amide bonds. The van der Waals surface area contributed by atoms with Crippen LogP contribution >= 0.6 is 0 Å². The SMILES string of the molecule is CCCCNS(=O)(=O)c1cccc(C(=O)Nc2ccc(C(C)=O)cc2)c1. The van der Waals surface area contributed by atoms with Gasteiger partial charge < -0.3 is 5.32 Å². The molecule has 2 aromatic rings. The zero-order valence-corrected chi connectivity index (χ0v) is 15.6. The molecule has 2 rings (SSSR count). The summed E-state index contributed by atoms with van der Waals surface area (Å²) in [5.41, 5.74) is 1.31. The van der Waals surface area contributed by atoms with Crippen molar-refractivity contribution in [1.82, 2.24) is 4.72 Å². The maximum atomic E-state index is 12.4. The first-order chi connectivity index (χ1) is 12.3. The Balaban J connectivity index is 2.13. The van der Waals surface area contributed by atoms with Crippen molar-refractivity contribution in [3.63, 3.8) is 0 Å². The van der Waals surface area contributed by atoms with Gasteiger partial charge in [0.05, 0.1) is 4.90 Å². The molecule has 2 N–H and O–H groups in total. The summed E-state index contributed by atoms with van der Waals surface area (Å²) in [6.07, 6.45) is 1.63. The number of Topliss-reactive ketones (excluding diaryl/α,β-unsaturated/α-hetero) is 1. The second-order valence-corrected chi connectivity index (χ2v) is 7.63. The molecular formula is C19H22N2O4S. The molecule has 0 heterocycles. The molecule has 26 heavy (non-hydrogen) atoms. The fraction of sp³-hybridized carbons (Fsp3) is 0.263. The number of nitrogens with one attached hydrogen (secondary N) is 2. The van der Waals surface area contributed by atoms with Crippen LogP contribution in [0.15, 0.2) is 53.4 Å². The summed E-state index contributed by atoms with van der Waals surface area (Å²) in [4.78, 5) is 23.7. The van der Waals surface area contributed by atoms with Crippen molar-refractivity contribution >= 4 is 27.4 Å². The molecule has 0 saturated carbocycles. The highest BCUT2D eigenvalue weighted by Gasteiger charge is 2.16. The summed E-state index contributed by atoms with van der Waals surface area (Å²) >= 11 is 0. The van der Waals surface area contributed by atoms with Gasteiger partial charge in [-0.2, -0.15) is 0 Å². The molecular weight excluding hydrogens is 352 g/mol. The normalized spacial score (nSPS) is 11.2. The Morgan fingerprint density at radius 1 is 1.00 bits per heavy atom. The molecule has 138 valence electrons. The van der Waals surface area contributed by atoms with Crippen molar-refractivity contribution in [1.29, 1.82) is 0 Å². The summed E-state index contributed by atoms with van der Waals surface area (Å²) < 4.78 is 27.1. The van der Waals surface area contributed by atoms with Crippen LogP contribution in [0.3, 0.4) is 0 Å². The van der Waals surface area contributed by atoms with Crippen molar-refractivity contribution in [2.24, 2.45) is 0 Å². The first-order valence-corrected chi connectivity index (χ1v) is 9.84. The molecule has 0 aliphatic carbocycles. The van der Waals surface area contributed by atoms with Gasteiger partial charge in [-0.25, -0.2) is 13.1 Å². The van der Waals surface area contributed by atoms with Gasteiger partial charge in [0.1, 0.15) is 0 Å². The van der Waals surface area contributed by atoms with E-state index in [0.717, 1.165) is 12.8 Å². The third kappa shape index (κ3) is 5.24. The largest absolute Gasteiger partial charge is 0.322 e. The molecule has 0 aromatic heterocycles. The predicted octanol–water partition coefficient (Wildman–Crippen LogP) is 3.22. The number of carbonyl (C=O) groups is 2. The molecule has 0 radical (unpaired) electrons. The van der Waals surface area contributed by atoms with Crippen molar-refractivity contribution in [3.05, 3.63) is 59.7 Å². The molecule has 6 nitrogen and oxygen atoms in total. The highest BCUT2D eigenvalue weighted by atomic mass is 32.2. The van der Waals surface area contributed by atoms with Gasteiger partial charge in [-0.3, -0.25) is 9.59 Å². The van der Waals surface area contributed by atoms with Crippen LogP contribution in [-0.2, 0) is 10.0 Å². The summed E-state index contributed by atoms with van der Waals surface area (Å²) in [6.45, 7) is 3.80. The minimum atomic E-state index is -3.64. The Labute approximate surface area is 153 Å². The van der Waals surface area contributed by atoms with Gasteiger partial charge in [0.25, 0.3) is 5.91 Å². The van der Waals surface area contributed by atoms with E-state index in [0.29, 0.717) is 17.8 Å². The van der Waals surface area contributed by atoms with E-state index in [9.17, 15) is 18.0 Å². The minimum absolute atomic E-state index is 0.0492. The second kappa shape index (κ2) is 8.73. The van der Waals surface area contributed by atoms with Gasteiger partial charge in [-0.1, -0.05) is 19.4 Å². The van der Waals surface area contributed by atoms with Crippen LogP contribution < -0.4 is 10.0 Å². The lowest BCUT2D eigenvalue weighted by Crippen LogP contribution is -2.25. The minimum Gasteiger partial charge on any atom is -0.322 e. The number of ketones is 1. The standard InChI is InChI=1S/C19H22N2O4S/c1-3-4-12-20-26(24,25)18-7-5-6-16(13-18)19(23)21-17-10-8-15(9-11-17)14(2)22/h5-11,13,20H,3-4,12H2,1-2H3,(H,21,23). The third-order valence-electron chi connectivity index (χ3n) is 3.78. The molecule has 2 aromatic carbocycles. The monoisotopic (exact) mass is 374 g/mol. The molecule has 0 unspecified atom stereocenters. The quantitative estimate of drug-likeness (QED) is 0.548. The lowest BCUT2D eigenvalue weighted by atomic mass is 10.1. The maximum Gasteiger partial charge on any atom is 0.255 e. The Hall–Kier alpha value is -2.51. The van der Waals surface area contributed by atoms with E-state index in [1.54, 1.807) is 30.3 Å². The van der Waals surface area contributed by atoms with E-state index in [4.69, 9.17) is 0 Å². The van der Waals surface area contributed by atoms with Crippen LogP contribution in [0.2, 0.25) is 0 Å². The number of benzene rings is 2. The zero-order valence-electron chi connectivity index (χ0n) is 14.8. The number of hydrogen-bond donors (Lipinski definition) is 2. The fourth-order valence-corrected chi connectivity index (χ4v) is 3.38. The second-order valence-electron chi connectivity index (χ2n) is 5.87. The van der Waals surface area contributed by atoms with Gasteiger partial charge in [0, 0.05) is 23.4 Å². The first kappa shape index (κ1) is 19.8. The highest BCUT2D eigenvalue weighted by Crippen LogP contribution is 2.15. The van der Waals surface area contributed by atoms with Crippen LogP contribution in [0.25, 0.3) is 0 Å². The Bertz CT molecular complexity index is 890. The molecule has 7 heteroatoms. The van der Waals surface area contributed by atoms with Crippen molar-refractivity contribution in [2.45, 2.75) is 31.6 Å². The number of carbonyl (C=O) groups excluding carboxylic acids is 2. The smallest absolute Gasteiger partial charge is 0.255 e. The summed E-state index contributed by atoms with van der Waals surface area (Å²) in [6, 6.07) is 12.4. The highest BCUT2D eigenvalue weighted by molar-refractivity contribution is 7.89. The van der Waals surface area contributed by atoms with Crippen LogP contribution in [0.4, 0.5) is 5.69 Å². The first-order valence-electron chi connectivity index (χ1n) is 8.35. The zero-order chi connectivity index (χ0) is 19.2. The summed E-state index contributed by atoms with van der Waals surface area (Å²) in [7, 11) is -3.64. The molecule has 0 aliphatic heterocycles. The van der Waals surface area contributed by atoms with Gasteiger partial charge in [-0.05, 0) is 55.8 Å². The van der Waals surface area contributed by atoms with Crippen molar-refractivity contribution in [2.75, 3.05) is 11.9 Å². The Morgan fingerprint density at radius 2 is 1.69 bits per heavy atom. The van der Waals surface area contributed by atoms with E-state index in [-0.39, 0.29) is 16.2 Å². The Kier molecular flexibility index (Phi) is 6.65. The maximum absolute atomic E-state index is 12.4. The van der Waals surface area contributed by atoms with E-state index < -0.39 is 15.9 Å². The average Bonchev–Trinajstić information content (AvgIpc) is 2.62. The van der Waals surface area contributed by atoms with E-state index in [1.807, 2.05) is 6.92 Å². The summed E-state index contributed by atoms with van der Waals surface area (Å²) in [5, 5.41) is 2.69. The van der Waals surface area contributed by atoms with Crippen molar-refractivity contribution in [3.8, 4) is 0 Å². The van der Waals surface area contributed by atoms with E-state index in [1.165, 1.54) is 25.1 Å². The third-order valence-corrected chi connectivity index (χ3v) is 5.24. The number of rotatable bonds is 8. The average molecular weight is 374 g/mol. The fourth-order valence-electron chi connectivity index (χ4n) is 2.26. The predicted molar refractivity (Wildman–Crippen MR) is 101 cm³/mol.